The maximum Gasteiger partial charge on any atom is 0.323 e. The quantitative estimate of drug-likeness (QED) is 0.324. The summed E-state index contributed by atoms with van der Waals surface area (Å²) in [7, 11) is 0. The van der Waals surface area contributed by atoms with Crippen molar-refractivity contribution in [3.8, 4) is 11.8 Å². The lowest BCUT2D eigenvalue weighted by Gasteiger charge is -2.35. The van der Waals surface area contributed by atoms with Gasteiger partial charge in [-0.3, -0.25) is 4.98 Å². The maximum absolute atomic E-state index is 15.7. The van der Waals surface area contributed by atoms with E-state index >= 15 is 8.78 Å². The summed E-state index contributed by atoms with van der Waals surface area (Å²) >= 11 is 0. The number of nitrogens with zero attached hydrogens (tertiary/aromatic N) is 5. The van der Waals surface area contributed by atoms with E-state index in [0.29, 0.717) is 17.2 Å². The van der Waals surface area contributed by atoms with Crippen LogP contribution in [0.25, 0.3) is 0 Å². The van der Waals surface area contributed by atoms with Gasteiger partial charge in [0.1, 0.15) is 23.7 Å². The van der Waals surface area contributed by atoms with E-state index in [1.54, 1.807) is 24.3 Å². The summed E-state index contributed by atoms with van der Waals surface area (Å²) in [4.78, 5) is 3.76. The number of rotatable bonds is 6. The van der Waals surface area contributed by atoms with Crippen molar-refractivity contribution >= 4 is 0 Å². The molecular weight excluding hydrogens is 466 g/mol. The van der Waals surface area contributed by atoms with E-state index in [1.165, 1.54) is 6.07 Å². The number of aliphatic hydroxyl groups excluding tert-OH is 1. The van der Waals surface area contributed by atoms with Crippen LogP contribution in [0.4, 0.5) is 17.6 Å². The van der Waals surface area contributed by atoms with Crippen LogP contribution in [0.3, 0.4) is 0 Å². The lowest BCUT2D eigenvalue weighted by atomic mass is 9.84. The molecule has 0 aliphatic heterocycles. The van der Waals surface area contributed by atoms with Gasteiger partial charge in [0.15, 0.2) is 5.60 Å². The molecule has 2 N–H and O–H groups in total. The summed E-state index contributed by atoms with van der Waals surface area (Å²) < 4.78 is 60.2. The minimum Gasteiger partial charge on any atom is -0.392 e. The Bertz CT molecular complexity index is 1370. The first-order chi connectivity index (χ1) is 16.7. The summed E-state index contributed by atoms with van der Waals surface area (Å²) in [6, 6.07) is 10.9. The normalized spacial score (nSPS) is 13.1. The van der Waals surface area contributed by atoms with Gasteiger partial charge in [-0.1, -0.05) is 24.0 Å². The van der Waals surface area contributed by atoms with Crippen LogP contribution in [0.15, 0.2) is 67.1 Å². The number of halogens is 4. The summed E-state index contributed by atoms with van der Waals surface area (Å²) in [5.41, 5.74) is -3.26. The van der Waals surface area contributed by atoms with Gasteiger partial charge in [-0.15, -0.1) is 5.10 Å². The zero-order valence-electron chi connectivity index (χ0n) is 17.9. The summed E-state index contributed by atoms with van der Waals surface area (Å²) in [5, 5.41) is 30.4. The van der Waals surface area contributed by atoms with Gasteiger partial charge in [-0.2, -0.15) is 8.78 Å². The third-order valence-corrected chi connectivity index (χ3v) is 5.25. The van der Waals surface area contributed by atoms with Crippen molar-refractivity contribution in [1.29, 1.82) is 0 Å². The third kappa shape index (κ3) is 4.89. The van der Waals surface area contributed by atoms with Crippen LogP contribution in [0.2, 0.25) is 0 Å². The van der Waals surface area contributed by atoms with Crippen LogP contribution in [0, 0.1) is 23.5 Å². The zero-order valence-corrected chi connectivity index (χ0v) is 17.9. The second-order valence-electron chi connectivity index (χ2n) is 7.60. The first kappa shape index (κ1) is 24.0. The number of hydrogen-bond acceptors (Lipinski definition) is 6. The van der Waals surface area contributed by atoms with Crippen molar-refractivity contribution in [2.45, 2.75) is 24.7 Å². The Balaban J connectivity index is 1.68. The molecule has 0 bridgehead atoms. The Kier molecular flexibility index (Phi) is 6.59. The first-order valence-corrected chi connectivity index (χ1v) is 10.2. The number of hydrogen-bond donors (Lipinski definition) is 2. The molecular formula is C24H17F4N5O2. The maximum atomic E-state index is 15.7. The van der Waals surface area contributed by atoms with Gasteiger partial charge in [-0.05, 0) is 52.4 Å². The summed E-state index contributed by atoms with van der Waals surface area (Å²) in [6.07, 6.45) is 2.07. The summed E-state index contributed by atoms with van der Waals surface area (Å²) in [5.74, 6) is -0.875. The van der Waals surface area contributed by atoms with Gasteiger partial charge in [0.2, 0.25) is 0 Å². The van der Waals surface area contributed by atoms with E-state index in [1.807, 2.05) is 0 Å². The van der Waals surface area contributed by atoms with E-state index < -0.39 is 41.0 Å². The topological polar surface area (TPSA) is 97.0 Å². The standard InChI is InChI=1S/C24H17F4N5O2/c25-19-8-9-20(21(26)11-19)23(35,14-33-15-30-31-32-33)24(27,28)22-10-7-17(12-29-22)4-1-16-2-5-18(13-34)6-3-16/h2-3,5-12,15,34-35H,13-14H2. The minimum atomic E-state index is -4.15. The molecule has 4 aromatic rings. The molecule has 0 saturated carbocycles. The van der Waals surface area contributed by atoms with Crippen LogP contribution in [-0.4, -0.2) is 35.4 Å². The number of tetrazole rings is 1. The van der Waals surface area contributed by atoms with Crippen molar-refractivity contribution in [2.75, 3.05) is 0 Å². The predicted molar refractivity (Wildman–Crippen MR) is 115 cm³/mol. The molecule has 7 nitrogen and oxygen atoms in total. The Morgan fingerprint density at radius 1 is 0.943 bits per heavy atom. The van der Waals surface area contributed by atoms with Gasteiger partial charge < -0.3 is 10.2 Å². The number of aromatic nitrogens is 5. The molecule has 0 aliphatic rings. The van der Waals surface area contributed by atoms with E-state index in [2.05, 4.69) is 32.4 Å². The highest BCUT2D eigenvalue weighted by atomic mass is 19.3. The van der Waals surface area contributed by atoms with Crippen LogP contribution in [0.1, 0.15) is 27.9 Å². The second-order valence-corrected chi connectivity index (χ2v) is 7.60. The molecule has 0 fully saturated rings. The van der Waals surface area contributed by atoms with E-state index in [4.69, 9.17) is 5.11 Å². The molecule has 0 spiro atoms. The van der Waals surface area contributed by atoms with Gasteiger partial charge in [-0.25, -0.2) is 13.5 Å². The van der Waals surface area contributed by atoms with Crippen molar-refractivity contribution < 1.29 is 27.8 Å². The fourth-order valence-corrected chi connectivity index (χ4v) is 3.37. The number of aliphatic hydroxyl groups is 2. The molecule has 4 rings (SSSR count). The van der Waals surface area contributed by atoms with Crippen LogP contribution < -0.4 is 0 Å². The molecule has 0 amide bonds. The Labute approximate surface area is 196 Å². The van der Waals surface area contributed by atoms with Gasteiger partial charge in [0.25, 0.3) is 0 Å². The molecule has 1 atom stereocenters. The van der Waals surface area contributed by atoms with Gasteiger partial charge in [0, 0.05) is 29.0 Å². The van der Waals surface area contributed by atoms with Crippen LogP contribution >= 0.6 is 0 Å². The lowest BCUT2D eigenvalue weighted by molar-refractivity contribution is -0.207. The highest BCUT2D eigenvalue weighted by molar-refractivity contribution is 5.43. The van der Waals surface area contributed by atoms with Crippen molar-refractivity contribution in [1.82, 2.24) is 25.2 Å². The molecule has 0 radical (unpaired) electrons. The highest BCUT2D eigenvalue weighted by Gasteiger charge is 2.57. The Morgan fingerprint density at radius 2 is 1.66 bits per heavy atom. The highest BCUT2D eigenvalue weighted by Crippen LogP contribution is 2.46. The average molecular weight is 483 g/mol. The van der Waals surface area contributed by atoms with Crippen LogP contribution in [0.5, 0.6) is 0 Å². The molecule has 1 unspecified atom stereocenters. The van der Waals surface area contributed by atoms with E-state index in [0.717, 1.165) is 41.0 Å². The molecule has 2 aromatic carbocycles. The smallest absolute Gasteiger partial charge is 0.323 e. The van der Waals surface area contributed by atoms with Gasteiger partial charge in [0.05, 0.1) is 13.2 Å². The van der Waals surface area contributed by atoms with Crippen molar-refractivity contribution in [2.24, 2.45) is 0 Å². The van der Waals surface area contributed by atoms with E-state index in [9.17, 15) is 13.9 Å². The molecule has 35 heavy (non-hydrogen) atoms. The third-order valence-electron chi connectivity index (χ3n) is 5.25. The number of benzene rings is 2. The van der Waals surface area contributed by atoms with E-state index in [-0.39, 0.29) is 6.61 Å². The molecule has 11 heteroatoms. The average Bonchev–Trinajstić information content (AvgIpc) is 3.36. The molecule has 178 valence electrons. The summed E-state index contributed by atoms with van der Waals surface area (Å²) in [6.45, 7) is -1.04. The fraction of sp³-hybridized carbons (Fsp3) is 0.167. The molecule has 0 aliphatic carbocycles. The fourth-order valence-electron chi connectivity index (χ4n) is 3.37. The largest absolute Gasteiger partial charge is 0.392 e. The predicted octanol–water partition coefficient (Wildman–Crippen LogP) is 2.92. The minimum absolute atomic E-state index is 0.102. The Hall–Kier alpha value is -4.14. The molecule has 2 aromatic heterocycles. The second kappa shape index (κ2) is 9.61. The van der Waals surface area contributed by atoms with Crippen LogP contribution in [-0.2, 0) is 24.7 Å². The zero-order chi connectivity index (χ0) is 25.1. The lowest BCUT2D eigenvalue weighted by Crippen LogP contribution is -2.48. The SMILES string of the molecule is OCc1ccc(C#Cc2ccc(C(F)(F)C(O)(Cn3cnnn3)c3ccc(F)cc3F)nc2)cc1. The first-order valence-electron chi connectivity index (χ1n) is 10.2. The van der Waals surface area contributed by atoms with Crippen molar-refractivity contribution in [3.63, 3.8) is 0 Å². The van der Waals surface area contributed by atoms with Crippen molar-refractivity contribution in [3.05, 3.63) is 107 Å². The number of pyridine rings is 1. The molecule has 0 saturated heterocycles. The monoisotopic (exact) mass is 483 g/mol. The Morgan fingerprint density at radius 3 is 2.26 bits per heavy atom. The number of alkyl halides is 2. The molecule has 2 heterocycles. The van der Waals surface area contributed by atoms with Gasteiger partial charge >= 0.3 is 5.92 Å².